The molecule has 0 aliphatic carbocycles. The lowest BCUT2D eigenvalue weighted by Crippen LogP contribution is -2.29. The van der Waals surface area contributed by atoms with E-state index in [2.05, 4.69) is 34.9 Å². The summed E-state index contributed by atoms with van der Waals surface area (Å²) in [7, 11) is 0. The second kappa shape index (κ2) is 7.53. The van der Waals surface area contributed by atoms with Gasteiger partial charge in [-0.25, -0.2) is 0 Å². The fourth-order valence-corrected chi connectivity index (χ4v) is 4.07. The Kier molecular flexibility index (Phi) is 5.20. The van der Waals surface area contributed by atoms with Crippen molar-refractivity contribution in [2.75, 3.05) is 17.6 Å². The van der Waals surface area contributed by atoms with Crippen molar-refractivity contribution in [2.24, 2.45) is 0 Å². The second-order valence-corrected chi connectivity index (χ2v) is 7.09. The standard InChI is InChI=1S/C19H20N2O2S/c1-13(22)21-16-8-6-15(7-9-16)19(23)20-12-18-17-5-3-2-4-14(17)10-11-24-18/h2-9,18H,10-12H2,1H3,(H,20,23)(H,21,22)/t18-/m0/s1. The number of amides is 2. The monoisotopic (exact) mass is 340 g/mol. The van der Waals surface area contributed by atoms with Crippen LogP contribution in [-0.2, 0) is 11.2 Å². The van der Waals surface area contributed by atoms with E-state index in [9.17, 15) is 9.59 Å². The minimum absolute atomic E-state index is 0.0898. The summed E-state index contributed by atoms with van der Waals surface area (Å²) in [6.45, 7) is 2.08. The van der Waals surface area contributed by atoms with E-state index >= 15 is 0 Å². The first-order chi connectivity index (χ1) is 11.6. The maximum absolute atomic E-state index is 12.3. The van der Waals surface area contributed by atoms with Gasteiger partial charge in [-0.2, -0.15) is 11.8 Å². The van der Waals surface area contributed by atoms with Crippen LogP contribution in [0.25, 0.3) is 0 Å². The third kappa shape index (κ3) is 3.97. The van der Waals surface area contributed by atoms with E-state index in [1.54, 1.807) is 24.3 Å². The van der Waals surface area contributed by atoms with Gasteiger partial charge in [-0.1, -0.05) is 24.3 Å². The number of carbonyl (C=O) groups is 2. The van der Waals surface area contributed by atoms with Crippen LogP contribution >= 0.6 is 11.8 Å². The lowest BCUT2D eigenvalue weighted by atomic mass is 10.0. The van der Waals surface area contributed by atoms with Crippen molar-refractivity contribution in [1.29, 1.82) is 0 Å². The molecule has 2 aromatic rings. The molecule has 0 unspecified atom stereocenters. The summed E-state index contributed by atoms with van der Waals surface area (Å²) in [6, 6.07) is 15.4. The molecule has 0 spiro atoms. The zero-order chi connectivity index (χ0) is 16.9. The first kappa shape index (κ1) is 16.6. The number of rotatable bonds is 4. The first-order valence-electron chi connectivity index (χ1n) is 7.99. The van der Waals surface area contributed by atoms with Gasteiger partial charge in [0.05, 0.1) is 0 Å². The summed E-state index contributed by atoms with van der Waals surface area (Å²) in [5, 5.41) is 6.02. The quantitative estimate of drug-likeness (QED) is 0.897. The molecule has 124 valence electrons. The van der Waals surface area contributed by atoms with Crippen LogP contribution in [0.2, 0.25) is 0 Å². The predicted molar refractivity (Wildman–Crippen MR) is 98.4 cm³/mol. The molecule has 2 amide bonds. The van der Waals surface area contributed by atoms with Gasteiger partial charge >= 0.3 is 0 Å². The molecule has 24 heavy (non-hydrogen) atoms. The molecular weight excluding hydrogens is 320 g/mol. The first-order valence-corrected chi connectivity index (χ1v) is 9.03. The largest absolute Gasteiger partial charge is 0.351 e. The molecule has 2 aromatic carbocycles. The summed E-state index contributed by atoms with van der Waals surface area (Å²) in [5.41, 5.74) is 4.00. The van der Waals surface area contributed by atoms with Crippen molar-refractivity contribution >= 4 is 29.3 Å². The average molecular weight is 340 g/mol. The van der Waals surface area contributed by atoms with Gasteiger partial charge in [0.15, 0.2) is 0 Å². The van der Waals surface area contributed by atoms with Crippen LogP contribution in [0.3, 0.4) is 0 Å². The highest BCUT2D eigenvalue weighted by Gasteiger charge is 2.20. The number of anilines is 1. The van der Waals surface area contributed by atoms with Crippen molar-refractivity contribution in [3.8, 4) is 0 Å². The fourth-order valence-electron chi connectivity index (χ4n) is 2.84. The van der Waals surface area contributed by atoms with Crippen molar-refractivity contribution in [3.05, 3.63) is 65.2 Å². The maximum Gasteiger partial charge on any atom is 0.251 e. The molecule has 1 heterocycles. The lowest BCUT2D eigenvalue weighted by Gasteiger charge is -2.25. The van der Waals surface area contributed by atoms with Crippen LogP contribution in [0.4, 0.5) is 5.69 Å². The normalized spacial score (nSPS) is 16.1. The van der Waals surface area contributed by atoms with Crippen LogP contribution in [0.5, 0.6) is 0 Å². The number of carbonyl (C=O) groups excluding carboxylic acids is 2. The SMILES string of the molecule is CC(=O)Nc1ccc(C(=O)NC[C@@H]2SCCc3ccccc32)cc1. The van der Waals surface area contributed by atoms with E-state index in [0.29, 0.717) is 23.0 Å². The number of hydrogen-bond donors (Lipinski definition) is 2. The molecule has 0 saturated heterocycles. The maximum atomic E-state index is 12.3. The molecular formula is C19H20N2O2S. The summed E-state index contributed by atoms with van der Waals surface area (Å²) in [5.74, 6) is 0.872. The summed E-state index contributed by atoms with van der Waals surface area (Å²) < 4.78 is 0. The van der Waals surface area contributed by atoms with E-state index in [-0.39, 0.29) is 11.8 Å². The molecule has 0 radical (unpaired) electrons. The molecule has 1 aliphatic rings. The minimum atomic E-state index is -0.125. The third-order valence-electron chi connectivity index (χ3n) is 4.01. The van der Waals surface area contributed by atoms with Gasteiger partial charge in [-0.05, 0) is 47.6 Å². The van der Waals surface area contributed by atoms with E-state index in [1.165, 1.54) is 18.1 Å². The van der Waals surface area contributed by atoms with Gasteiger partial charge in [0.2, 0.25) is 5.91 Å². The third-order valence-corrected chi connectivity index (χ3v) is 5.27. The van der Waals surface area contributed by atoms with Crippen molar-refractivity contribution in [1.82, 2.24) is 5.32 Å². The Hall–Kier alpha value is -2.27. The zero-order valence-electron chi connectivity index (χ0n) is 13.5. The zero-order valence-corrected chi connectivity index (χ0v) is 14.4. The molecule has 5 heteroatoms. The average Bonchev–Trinajstić information content (AvgIpc) is 2.59. The van der Waals surface area contributed by atoms with Crippen LogP contribution in [0.15, 0.2) is 48.5 Å². The summed E-state index contributed by atoms with van der Waals surface area (Å²) in [6.07, 6.45) is 1.09. The molecule has 0 aromatic heterocycles. The van der Waals surface area contributed by atoms with Gasteiger partial charge < -0.3 is 10.6 Å². The highest BCUT2D eigenvalue weighted by Crippen LogP contribution is 2.35. The molecule has 1 aliphatic heterocycles. The van der Waals surface area contributed by atoms with E-state index in [4.69, 9.17) is 0 Å². The molecule has 3 rings (SSSR count). The Labute approximate surface area is 146 Å². The number of nitrogens with one attached hydrogen (secondary N) is 2. The number of aryl methyl sites for hydroxylation is 1. The number of benzene rings is 2. The highest BCUT2D eigenvalue weighted by molar-refractivity contribution is 7.99. The Morgan fingerprint density at radius 3 is 2.62 bits per heavy atom. The van der Waals surface area contributed by atoms with Gasteiger partial charge in [-0.15, -0.1) is 0 Å². The predicted octanol–water partition coefficient (Wildman–Crippen LogP) is 3.41. The molecule has 4 nitrogen and oxygen atoms in total. The van der Waals surface area contributed by atoms with Crippen LogP contribution in [-0.4, -0.2) is 24.1 Å². The van der Waals surface area contributed by atoms with Gasteiger partial charge in [0, 0.05) is 30.0 Å². The molecule has 1 atom stereocenters. The van der Waals surface area contributed by atoms with Crippen LogP contribution in [0.1, 0.15) is 33.7 Å². The molecule has 0 bridgehead atoms. The molecule has 0 fully saturated rings. The molecule has 0 saturated carbocycles. The van der Waals surface area contributed by atoms with Crippen molar-refractivity contribution < 1.29 is 9.59 Å². The van der Waals surface area contributed by atoms with Crippen LogP contribution < -0.4 is 10.6 Å². The topological polar surface area (TPSA) is 58.2 Å². The van der Waals surface area contributed by atoms with Gasteiger partial charge in [-0.3, -0.25) is 9.59 Å². The highest BCUT2D eigenvalue weighted by atomic mass is 32.2. The smallest absolute Gasteiger partial charge is 0.251 e. The minimum Gasteiger partial charge on any atom is -0.351 e. The Balaban J connectivity index is 1.61. The summed E-state index contributed by atoms with van der Waals surface area (Å²) >= 11 is 1.89. The Morgan fingerprint density at radius 2 is 1.88 bits per heavy atom. The Morgan fingerprint density at radius 1 is 1.12 bits per heavy atom. The number of thioether (sulfide) groups is 1. The van der Waals surface area contributed by atoms with Gasteiger partial charge in [0.25, 0.3) is 5.91 Å². The van der Waals surface area contributed by atoms with E-state index in [0.717, 1.165) is 12.2 Å². The second-order valence-electron chi connectivity index (χ2n) is 5.78. The fraction of sp³-hybridized carbons (Fsp3) is 0.263. The lowest BCUT2D eigenvalue weighted by molar-refractivity contribution is -0.114. The number of hydrogen-bond acceptors (Lipinski definition) is 3. The van der Waals surface area contributed by atoms with Crippen molar-refractivity contribution in [3.63, 3.8) is 0 Å². The van der Waals surface area contributed by atoms with Crippen molar-refractivity contribution in [2.45, 2.75) is 18.6 Å². The number of fused-ring (bicyclic) bond motifs is 1. The summed E-state index contributed by atoms with van der Waals surface area (Å²) in [4.78, 5) is 23.3. The Bertz CT molecular complexity index is 743. The van der Waals surface area contributed by atoms with Crippen LogP contribution in [0, 0.1) is 0 Å². The van der Waals surface area contributed by atoms with E-state index in [1.807, 2.05) is 11.8 Å². The van der Waals surface area contributed by atoms with Gasteiger partial charge in [0.1, 0.15) is 0 Å². The molecule has 2 N–H and O–H groups in total. The van der Waals surface area contributed by atoms with E-state index < -0.39 is 0 Å².